The second kappa shape index (κ2) is 6.41. The molecule has 1 heterocycles. The van der Waals surface area contributed by atoms with Gasteiger partial charge in [0.1, 0.15) is 0 Å². The van der Waals surface area contributed by atoms with Crippen molar-refractivity contribution in [2.24, 2.45) is 7.05 Å². The van der Waals surface area contributed by atoms with E-state index in [9.17, 15) is 4.79 Å². The molecular weight excluding hydrogens is 286 g/mol. The maximum atomic E-state index is 12.5. The standard InChI is InChI=1S/C19H23N3O/c1-4-19(23)22(12-16-11-21(3)13-20-16)18-7-5-6-15-9-8-14(2)10-17(15)18/h4,8-11,13,18H,1,5-7,12H2,2-3H3/t18-/m0/s1. The molecule has 0 unspecified atom stereocenters. The van der Waals surface area contributed by atoms with Crippen LogP contribution in [0.4, 0.5) is 0 Å². The van der Waals surface area contributed by atoms with Gasteiger partial charge in [0.25, 0.3) is 0 Å². The Bertz CT molecular complexity index is 732. The van der Waals surface area contributed by atoms with E-state index in [0.29, 0.717) is 6.54 Å². The Morgan fingerprint density at radius 3 is 3.04 bits per heavy atom. The van der Waals surface area contributed by atoms with Crippen LogP contribution in [0.25, 0.3) is 0 Å². The van der Waals surface area contributed by atoms with Gasteiger partial charge in [-0.05, 0) is 43.4 Å². The minimum Gasteiger partial charge on any atom is -0.340 e. The van der Waals surface area contributed by atoms with Gasteiger partial charge in [-0.1, -0.05) is 30.3 Å². The van der Waals surface area contributed by atoms with Crippen LogP contribution in [-0.2, 0) is 24.8 Å². The zero-order valence-electron chi connectivity index (χ0n) is 13.8. The second-order valence-corrected chi connectivity index (χ2v) is 6.31. The molecule has 1 aliphatic rings. The maximum Gasteiger partial charge on any atom is 0.246 e. The number of aromatic nitrogens is 2. The van der Waals surface area contributed by atoms with Crippen LogP contribution >= 0.6 is 0 Å². The first-order valence-corrected chi connectivity index (χ1v) is 8.08. The summed E-state index contributed by atoms with van der Waals surface area (Å²) in [5, 5.41) is 0. The first kappa shape index (κ1) is 15.5. The zero-order valence-corrected chi connectivity index (χ0v) is 13.8. The van der Waals surface area contributed by atoms with E-state index in [1.807, 2.05) is 22.7 Å². The van der Waals surface area contributed by atoms with E-state index in [4.69, 9.17) is 0 Å². The SMILES string of the molecule is C=CC(=O)N(Cc1cn(C)cn1)[C@H]1CCCc2ccc(C)cc21. The molecule has 0 spiro atoms. The number of hydrogen-bond donors (Lipinski definition) is 0. The van der Waals surface area contributed by atoms with Crippen LogP contribution in [-0.4, -0.2) is 20.4 Å². The third-order valence-electron chi connectivity index (χ3n) is 4.51. The average Bonchev–Trinajstić information content (AvgIpc) is 2.96. The lowest BCUT2D eigenvalue weighted by atomic mass is 9.85. The molecule has 1 aromatic heterocycles. The summed E-state index contributed by atoms with van der Waals surface area (Å²) in [5.41, 5.74) is 4.78. The number of imidazole rings is 1. The summed E-state index contributed by atoms with van der Waals surface area (Å²) in [6, 6.07) is 6.68. The van der Waals surface area contributed by atoms with Gasteiger partial charge in [0, 0.05) is 13.2 Å². The van der Waals surface area contributed by atoms with Gasteiger partial charge in [-0.15, -0.1) is 0 Å². The van der Waals surface area contributed by atoms with Crippen molar-refractivity contribution >= 4 is 5.91 Å². The van der Waals surface area contributed by atoms with E-state index < -0.39 is 0 Å². The van der Waals surface area contributed by atoms with Crippen molar-refractivity contribution in [3.8, 4) is 0 Å². The number of carbonyl (C=O) groups is 1. The number of hydrogen-bond acceptors (Lipinski definition) is 2. The lowest BCUT2D eigenvalue weighted by Crippen LogP contribution is -2.35. The number of aryl methyl sites for hydroxylation is 3. The van der Waals surface area contributed by atoms with E-state index in [-0.39, 0.29) is 11.9 Å². The lowest BCUT2D eigenvalue weighted by molar-refractivity contribution is -0.129. The Morgan fingerprint density at radius 1 is 1.52 bits per heavy atom. The van der Waals surface area contributed by atoms with Crippen molar-refractivity contribution in [3.63, 3.8) is 0 Å². The van der Waals surface area contributed by atoms with E-state index in [1.54, 1.807) is 6.33 Å². The van der Waals surface area contributed by atoms with Gasteiger partial charge in [-0.3, -0.25) is 4.79 Å². The Labute approximate surface area is 137 Å². The molecule has 1 atom stereocenters. The van der Waals surface area contributed by atoms with Crippen molar-refractivity contribution < 1.29 is 4.79 Å². The highest BCUT2D eigenvalue weighted by molar-refractivity contribution is 5.87. The molecule has 0 fully saturated rings. The van der Waals surface area contributed by atoms with Crippen LogP contribution in [0.2, 0.25) is 0 Å². The zero-order chi connectivity index (χ0) is 16.4. The predicted octanol–water partition coefficient (Wildman–Crippen LogP) is 3.32. The highest BCUT2D eigenvalue weighted by Crippen LogP contribution is 2.35. The molecule has 0 aliphatic heterocycles. The second-order valence-electron chi connectivity index (χ2n) is 6.31. The Kier molecular flexibility index (Phi) is 4.33. The van der Waals surface area contributed by atoms with E-state index >= 15 is 0 Å². The van der Waals surface area contributed by atoms with E-state index in [1.165, 1.54) is 22.8 Å². The highest BCUT2D eigenvalue weighted by atomic mass is 16.2. The largest absolute Gasteiger partial charge is 0.340 e. The van der Waals surface area contributed by atoms with Crippen LogP contribution in [0, 0.1) is 6.92 Å². The molecule has 1 aromatic carbocycles. The molecule has 3 rings (SSSR count). The summed E-state index contributed by atoms with van der Waals surface area (Å²) in [6.45, 7) is 6.30. The van der Waals surface area contributed by atoms with E-state index in [0.717, 1.165) is 25.0 Å². The van der Waals surface area contributed by atoms with Crippen molar-refractivity contribution in [1.82, 2.24) is 14.5 Å². The number of nitrogens with zero attached hydrogens (tertiary/aromatic N) is 3. The first-order valence-electron chi connectivity index (χ1n) is 8.08. The first-order chi connectivity index (χ1) is 11.1. The van der Waals surface area contributed by atoms with Gasteiger partial charge in [-0.25, -0.2) is 4.98 Å². The molecule has 4 nitrogen and oxygen atoms in total. The Hall–Kier alpha value is -2.36. The van der Waals surface area contributed by atoms with E-state index in [2.05, 4.69) is 36.7 Å². The molecule has 23 heavy (non-hydrogen) atoms. The molecule has 0 N–H and O–H groups in total. The van der Waals surface area contributed by atoms with Crippen molar-refractivity contribution in [2.75, 3.05) is 0 Å². The summed E-state index contributed by atoms with van der Waals surface area (Å²) < 4.78 is 1.91. The molecular formula is C19H23N3O. The van der Waals surface area contributed by atoms with Gasteiger partial charge in [0.05, 0.1) is 24.6 Å². The van der Waals surface area contributed by atoms with Crippen LogP contribution in [0.3, 0.4) is 0 Å². The predicted molar refractivity (Wildman–Crippen MR) is 90.8 cm³/mol. The van der Waals surface area contributed by atoms with Crippen LogP contribution in [0.15, 0.2) is 43.4 Å². The van der Waals surface area contributed by atoms with Crippen LogP contribution in [0.1, 0.15) is 41.3 Å². The van der Waals surface area contributed by atoms with Crippen molar-refractivity contribution in [2.45, 2.75) is 38.8 Å². The third kappa shape index (κ3) is 3.21. The van der Waals surface area contributed by atoms with Gasteiger partial charge in [-0.2, -0.15) is 0 Å². The fourth-order valence-electron chi connectivity index (χ4n) is 3.40. The van der Waals surface area contributed by atoms with Crippen molar-refractivity contribution in [3.05, 3.63) is 65.8 Å². The fourth-order valence-corrected chi connectivity index (χ4v) is 3.40. The molecule has 2 aromatic rings. The molecule has 0 saturated carbocycles. The summed E-state index contributed by atoms with van der Waals surface area (Å²) in [6.07, 6.45) is 8.32. The third-order valence-corrected chi connectivity index (χ3v) is 4.51. The van der Waals surface area contributed by atoms with Gasteiger partial charge >= 0.3 is 0 Å². The molecule has 0 bridgehead atoms. The smallest absolute Gasteiger partial charge is 0.246 e. The maximum absolute atomic E-state index is 12.5. The Morgan fingerprint density at radius 2 is 2.35 bits per heavy atom. The number of amides is 1. The summed E-state index contributed by atoms with van der Waals surface area (Å²) in [5.74, 6) is -0.0324. The highest BCUT2D eigenvalue weighted by Gasteiger charge is 2.28. The minimum atomic E-state index is -0.0324. The van der Waals surface area contributed by atoms with Gasteiger partial charge < -0.3 is 9.47 Å². The number of benzene rings is 1. The lowest BCUT2D eigenvalue weighted by Gasteiger charge is -2.35. The number of carbonyl (C=O) groups excluding carboxylic acids is 1. The number of rotatable bonds is 4. The fraction of sp³-hybridized carbons (Fsp3) is 0.368. The summed E-state index contributed by atoms with van der Waals surface area (Å²) in [7, 11) is 1.94. The summed E-state index contributed by atoms with van der Waals surface area (Å²) >= 11 is 0. The molecule has 120 valence electrons. The quantitative estimate of drug-likeness (QED) is 0.813. The monoisotopic (exact) mass is 309 g/mol. The molecule has 4 heteroatoms. The molecule has 1 amide bonds. The van der Waals surface area contributed by atoms with Crippen LogP contribution in [0.5, 0.6) is 0 Å². The molecule has 0 radical (unpaired) electrons. The van der Waals surface area contributed by atoms with Gasteiger partial charge in [0.2, 0.25) is 5.91 Å². The van der Waals surface area contributed by atoms with Crippen molar-refractivity contribution in [1.29, 1.82) is 0 Å². The average molecular weight is 309 g/mol. The normalized spacial score (nSPS) is 16.7. The Balaban J connectivity index is 1.96. The molecule has 1 aliphatic carbocycles. The minimum absolute atomic E-state index is 0.0324. The topological polar surface area (TPSA) is 38.1 Å². The number of fused-ring (bicyclic) bond motifs is 1. The summed E-state index contributed by atoms with van der Waals surface area (Å²) in [4.78, 5) is 18.8. The van der Waals surface area contributed by atoms with Crippen LogP contribution < -0.4 is 0 Å². The molecule has 0 saturated heterocycles. The van der Waals surface area contributed by atoms with Gasteiger partial charge in [0.15, 0.2) is 0 Å².